The summed E-state index contributed by atoms with van der Waals surface area (Å²) in [7, 11) is 0. The number of rotatable bonds is 1. The summed E-state index contributed by atoms with van der Waals surface area (Å²) in [5, 5.41) is 9.20. The SMILES string of the molecule is C[C@H]1CO[C@@H]2CCC[C@@H](CO)[C@@H]12. The lowest BCUT2D eigenvalue weighted by atomic mass is 9.73. The summed E-state index contributed by atoms with van der Waals surface area (Å²) in [5.41, 5.74) is 0. The summed E-state index contributed by atoms with van der Waals surface area (Å²) in [5.74, 6) is 1.82. The van der Waals surface area contributed by atoms with Gasteiger partial charge in [0.15, 0.2) is 0 Å². The highest BCUT2D eigenvalue weighted by Crippen LogP contribution is 2.41. The molecule has 2 aliphatic rings. The van der Waals surface area contributed by atoms with E-state index in [4.69, 9.17) is 4.74 Å². The van der Waals surface area contributed by atoms with Crippen LogP contribution in [-0.2, 0) is 4.74 Å². The average molecular weight is 170 g/mol. The van der Waals surface area contributed by atoms with Gasteiger partial charge in [0.25, 0.3) is 0 Å². The third-order valence-corrected chi connectivity index (χ3v) is 3.50. The quantitative estimate of drug-likeness (QED) is 0.645. The summed E-state index contributed by atoms with van der Waals surface area (Å²) < 4.78 is 5.69. The van der Waals surface area contributed by atoms with Gasteiger partial charge in [-0.15, -0.1) is 0 Å². The normalized spacial score (nSPS) is 47.5. The molecule has 1 aliphatic heterocycles. The van der Waals surface area contributed by atoms with Gasteiger partial charge in [-0.1, -0.05) is 13.3 Å². The van der Waals surface area contributed by atoms with Crippen molar-refractivity contribution in [3.63, 3.8) is 0 Å². The highest BCUT2D eigenvalue weighted by atomic mass is 16.5. The first-order valence-corrected chi connectivity index (χ1v) is 5.05. The van der Waals surface area contributed by atoms with Crippen LogP contribution >= 0.6 is 0 Å². The van der Waals surface area contributed by atoms with Crippen LogP contribution in [0.3, 0.4) is 0 Å². The van der Waals surface area contributed by atoms with Gasteiger partial charge in [0.05, 0.1) is 6.10 Å². The zero-order valence-corrected chi connectivity index (χ0v) is 7.70. The van der Waals surface area contributed by atoms with Crippen LogP contribution in [0.5, 0.6) is 0 Å². The fraction of sp³-hybridized carbons (Fsp3) is 1.00. The Hall–Kier alpha value is -0.0800. The van der Waals surface area contributed by atoms with Crippen LogP contribution in [0.25, 0.3) is 0 Å². The Labute approximate surface area is 73.9 Å². The molecule has 2 fully saturated rings. The van der Waals surface area contributed by atoms with Gasteiger partial charge in [-0.05, 0) is 30.6 Å². The van der Waals surface area contributed by atoms with Crippen molar-refractivity contribution in [3.8, 4) is 0 Å². The van der Waals surface area contributed by atoms with Gasteiger partial charge in [0, 0.05) is 13.2 Å². The molecule has 1 N–H and O–H groups in total. The number of aliphatic hydroxyl groups excluding tert-OH is 1. The van der Waals surface area contributed by atoms with Crippen molar-refractivity contribution < 1.29 is 9.84 Å². The van der Waals surface area contributed by atoms with Crippen LogP contribution in [0.15, 0.2) is 0 Å². The molecule has 0 aromatic carbocycles. The fourth-order valence-electron chi connectivity index (χ4n) is 2.89. The summed E-state index contributed by atoms with van der Waals surface area (Å²) in [6.45, 7) is 3.51. The fourth-order valence-corrected chi connectivity index (χ4v) is 2.89. The van der Waals surface area contributed by atoms with E-state index < -0.39 is 0 Å². The number of fused-ring (bicyclic) bond motifs is 1. The van der Waals surface area contributed by atoms with E-state index in [9.17, 15) is 5.11 Å². The lowest BCUT2D eigenvalue weighted by Crippen LogP contribution is -2.33. The predicted octanol–water partition coefficient (Wildman–Crippen LogP) is 1.43. The molecule has 0 aromatic heterocycles. The molecule has 2 nitrogen and oxygen atoms in total. The molecule has 2 rings (SSSR count). The maximum absolute atomic E-state index is 9.20. The van der Waals surface area contributed by atoms with Gasteiger partial charge in [-0.25, -0.2) is 0 Å². The van der Waals surface area contributed by atoms with E-state index in [2.05, 4.69) is 6.92 Å². The van der Waals surface area contributed by atoms with E-state index in [0.29, 0.717) is 30.5 Å². The van der Waals surface area contributed by atoms with Crippen molar-refractivity contribution in [2.75, 3.05) is 13.2 Å². The van der Waals surface area contributed by atoms with Gasteiger partial charge in [-0.3, -0.25) is 0 Å². The number of ether oxygens (including phenoxy) is 1. The third kappa shape index (κ3) is 1.27. The molecule has 0 aromatic rings. The smallest absolute Gasteiger partial charge is 0.0610 e. The summed E-state index contributed by atoms with van der Waals surface area (Å²) >= 11 is 0. The van der Waals surface area contributed by atoms with E-state index >= 15 is 0 Å². The van der Waals surface area contributed by atoms with Gasteiger partial charge in [-0.2, -0.15) is 0 Å². The van der Waals surface area contributed by atoms with Crippen molar-refractivity contribution >= 4 is 0 Å². The molecule has 70 valence electrons. The van der Waals surface area contributed by atoms with Gasteiger partial charge >= 0.3 is 0 Å². The van der Waals surface area contributed by atoms with Gasteiger partial charge < -0.3 is 9.84 Å². The van der Waals surface area contributed by atoms with Crippen molar-refractivity contribution in [2.45, 2.75) is 32.3 Å². The van der Waals surface area contributed by atoms with Crippen molar-refractivity contribution in [3.05, 3.63) is 0 Å². The Bertz CT molecular complexity index is 156. The van der Waals surface area contributed by atoms with Crippen LogP contribution in [0.4, 0.5) is 0 Å². The molecule has 2 heteroatoms. The minimum Gasteiger partial charge on any atom is -0.396 e. The highest BCUT2D eigenvalue weighted by Gasteiger charge is 2.41. The molecule has 1 saturated carbocycles. The summed E-state index contributed by atoms with van der Waals surface area (Å²) in [4.78, 5) is 0. The second-order valence-corrected chi connectivity index (χ2v) is 4.30. The first-order chi connectivity index (χ1) is 5.83. The Kier molecular flexibility index (Phi) is 2.37. The molecule has 0 spiro atoms. The minimum absolute atomic E-state index is 0.356. The van der Waals surface area contributed by atoms with Crippen molar-refractivity contribution in [2.24, 2.45) is 17.8 Å². The Balaban J connectivity index is 2.07. The first kappa shape index (κ1) is 8.52. The molecule has 0 bridgehead atoms. The van der Waals surface area contributed by atoms with Crippen LogP contribution in [-0.4, -0.2) is 24.4 Å². The third-order valence-electron chi connectivity index (χ3n) is 3.50. The Morgan fingerprint density at radius 3 is 3.00 bits per heavy atom. The Morgan fingerprint density at radius 1 is 1.42 bits per heavy atom. The largest absolute Gasteiger partial charge is 0.396 e. The zero-order chi connectivity index (χ0) is 8.55. The lowest BCUT2D eigenvalue weighted by Gasteiger charge is -2.33. The predicted molar refractivity (Wildman–Crippen MR) is 46.8 cm³/mol. The second-order valence-electron chi connectivity index (χ2n) is 4.30. The molecule has 1 saturated heterocycles. The lowest BCUT2D eigenvalue weighted by molar-refractivity contribution is 0.0256. The number of hydrogen-bond donors (Lipinski definition) is 1. The average Bonchev–Trinajstić information content (AvgIpc) is 2.48. The molecule has 4 atom stereocenters. The molecule has 1 heterocycles. The molecule has 0 radical (unpaired) electrons. The molecular weight excluding hydrogens is 152 g/mol. The van der Waals surface area contributed by atoms with Crippen LogP contribution in [0.1, 0.15) is 26.2 Å². The molecule has 0 unspecified atom stereocenters. The van der Waals surface area contributed by atoms with E-state index in [1.54, 1.807) is 0 Å². The van der Waals surface area contributed by atoms with Gasteiger partial charge in [0.2, 0.25) is 0 Å². The monoisotopic (exact) mass is 170 g/mol. The standard InChI is InChI=1S/C10H18O2/c1-7-6-12-9-4-2-3-8(5-11)10(7)9/h7-11H,2-6H2,1H3/t7-,8-,9+,10+/m0/s1. The number of aliphatic hydroxyl groups is 1. The molecule has 1 aliphatic carbocycles. The van der Waals surface area contributed by atoms with E-state index in [-0.39, 0.29) is 0 Å². The van der Waals surface area contributed by atoms with E-state index in [1.807, 2.05) is 0 Å². The zero-order valence-electron chi connectivity index (χ0n) is 7.70. The first-order valence-electron chi connectivity index (χ1n) is 5.05. The summed E-state index contributed by atoms with van der Waals surface area (Å²) in [6.07, 6.45) is 4.11. The van der Waals surface area contributed by atoms with Crippen LogP contribution in [0.2, 0.25) is 0 Å². The highest BCUT2D eigenvalue weighted by molar-refractivity contribution is 4.89. The van der Waals surface area contributed by atoms with E-state index in [1.165, 1.54) is 19.3 Å². The molecule has 0 amide bonds. The van der Waals surface area contributed by atoms with Crippen molar-refractivity contribution in [1.82, 2.24) is 0 Å². The van der Waals surface area contributed by atoms with Crippen LogP contribution in [0, 0.1) is 17.8 Å². The summed E-state index contributed by atoms with van der Waals surface area (Å²) in [6, 6.07) is 0. The maximum Gasteiger partial charge on any atom is 0.0610 e. The maximum atomic E-state index is 9.20. The topological polar surface area (TPSA) is 29.5 Å². The van der Waals surface area contributed by atoms with Gasteiger partial charge in [0.1, 0.15) is 0 Å². The van der Waals surface area contributed by atoms with Crippen molar-refractivity contribution in [1.29, 1.82) is 0 Å². The molecule has 12 heavy (non-hydrogen) atoms. The number of hydrogen-bond acceptors (Lipinski definition) is 2. The van der Waals surface area contributed by atoms with E-state index in [0.717, 1.165) is 6.61 Å². The minimum atomic E-state index is 0.356. The van der Waals surface area contributed by atoms with Crippen LogP contribution < -0.4 is 0 Å². The second kappa shape index (κ2) is 3.35. The Morgan fingerprint density at radius 2 is 2.25 bits per heavy atom. The molecular formula is C10H18O2.